The summed E-state index contributed by atoms with van der Waals surface area (Å²) in [6.07, 6.45) is 3.64. The van der Waals surface area contributed by atoms with Gasteiger partial charge in [0.25, 0.3) is 5.91 Å². The first kappa shape index (κ1) is 15.1. The summed E-state index contributed by atoms with van der Waals surface area (Å²) in [7, 11) is 1.66. The van der Waals surface area contributed by atoms with E-state index in [0.29, 0.717) is 6.54 Å². The largest absolute Gasteiger partial charge is 0.497 e. The fourth-order valence-corrected chi connectivity index (χ4v) is 3.83. The first-order valence-corrected chi connectivity index (χ1v) is 8.76. The Hall–Kier alpha value is -3.15. The number of hydrogen-bond donors (Lipinski definition) is 1. The van der Waals surface area contributed by atoms with E-state index in [2.05, 4.69) is 16.4 Å². The number of nitrogens with zero attached hydrogens (tertiary/aromatic N) is 3. The smallest absolute Gasteiger partial charge is 0.269 e. The number of amides is 1. The predicted molar refractivity (Wildman–Crippen MR) is 97.2 cm³/mol. The maximum atomic E-state index is 12.3. The van der Waals surface area contributed by atoms with Gasteiger partial charge in [0.15, 0.2) is 0 Å². The minimum Gasteiger partial charge on any atom is -0.497 e. The number of carbonyl (C=O) groups is 1. The van der Waals surface area contributed by atoms with Gasteiger partial charge >= 0.3 is 0 Å². The van der Waals surface area contributed by atoms with E-state index in [9.17, 15) is 4.79 Å². The average molecular weight is 346 g/mol. The van der Waals surface area contributed by atoms with E-state index in [1.54, 1.807) is 7.11 Å². The highest BCUT2D eigenvalue weighted by atomic mass is 16.5. The topological polar surface area (TPSA) is 69.0 Å². The van der Waals surface area contributed by atoms with Crippen LogP contribution in [-0.4, -0.2) is 34.3 Å². The number of rotatable bonds is 2. The Bertz CT molecular complexity index is 1040. The highest BCUT2D eigenvalue weighted by Gasteiger charge is 2.30. The predicted octanol–water partition coefficient (Wildman–Crippen LogP) is 2.46. The van der Waals surface area contributed by atoms with Crippen molar-refractivity contribution >= 4 is 5.91 Å². The molecule has 3 aromatic rings. The molecule has 26 heavy (non-hydrogen) atoms. The van der Waals surface area contributed by atoms with Crippen LogP contribution in [0.4, 0.5) is 0 Å². The molecule has 6 nitrogen and oxygen atoms in total. The Labute approximate surface area is 150 Å². The summed E-state index contributed by atoms with van der Waals surface area (Å²) < 4.78 is 7.18. The first-order chi connectivity index (χ1) is 12.7. The van der Waals surface area contributed by atoms with Crippen LogP contribution in [0.25, 0.3) is 22.5 Å². The van der Waals surface area contributed by atoms with Gasteiger partial charge in [0.05, 0.1) is 25.0 Å². The molecule has 0 atom stereocenters. The molecule has 0 saturated heterocycles. The molecule has 5 rings (SSSR count). The number of fused-ring (bicyclic) bond motifs is 5. The van der Waals surface area contributed by atoms with Gasteiger partial charge in [0.2, 0.25) is 0 Å². The molecule has 2 aromatic heterocycles. The lowest BCUT2D eigenvalue weighted by Crippen LogP contribution is -2.36. The summed E-state index contributed by atoms with van der Waals surface area (Å²) in [6, 6.07) is 9.96. The second-order valence-corrected chi connectivity index (χ2v) is 6.61. The normalized spacial score (nSPS) is 14.9. The van der Waals surface area contributed by atoms with E-state index >= 15 is 0 Å². The minimum absolute atomic E-state index is 0.0180. The zero-order valence-corrected chi connectivity index (χ0v) is 14.5. The van der Waals surface area contributed by atoms with Gasteiger partial charge < -0.3 is 10.1 Å². The number of aryl methyl sites for hydroxylation is 1. The first-order valence-electron chi connectivity index (χ1n) is 8.76. The maximum Gasteiger partial charge on any atom is 0.269 e. The summed E-state index contributed by atoms with van der Waals surface area (Å²) >= 11 is 0. The summed E-state index contributed by atoms with van der Waals surface area (Å²) in [5.74, 6) is 0.785. The molecule has 0 unspecified atom stereocenters. The van der Waals surface area contributed by atoms with Crippen molar-refractivity contribution in [3.63, 3.8) is 0 Å². The van der Waals surface area contributed by atoms with Crippen molar-refractivity contribution in [2.75, 3.05) is 13.7 Å². The highest BCUT2D eigenvalue weighted by Crippen LogP contribution is 2.37. The zero-order chi connectivity index (χ0) is 17.7. The molecule has 0 spiro atoms. The van der Waals surface area contributed by atoms with Crippen LogP contribution in [0.15, 0.2) is 36.5 Å². The van der Waals surface area contributed by atoms with Gasteiger partial charge in [-0.1, -0.05) is 12.1 Å². The lowest BCUT2D eigenvalue weighted by atomic mass is 9.89. The number of carbonyl (C=O) groups excluding carboxylic acids is 1. The van der Waals surface area contributed by atoms with E-state index < -0.39 is 0 Å². The summed E-state index contributed by atoms with van der Waals surface area (Å²) in [4.78, 5) is 16.9. The molecule has 1 aliphatic heterocycles. The molecule has 1 aliphatic carbocycles. The van der Waals surface area contributed by atoms with Gasteiger partial charge in [-0.2, -0.15) is 5.10 Å². The summed E-state index contributed by atoms with van der Waals surface area (Å²) in [5.41, 5.74) is 6.83. The van der Waals surface area contributed by atoms with Crippen molar-refractivity contribution in [2.45, 2.75) is 19.4 Å². The fraction of sp³-hybridized carbons (Fsp3) is 0.250. The van der Waals surface area contributed by atoms with Gasteiger partial charge in [-0.3, -0.25) is 14.5 Å². The fourth-order valence-electron chi connectivity index (χ4n) is 3.83. The second-order valence-electron chi connectivity index (χ2n) is 6.61. The second kappa shape index (κ2) is 5.69. The van der Waals surface area contributed by atoms with Gasteiger partial charge in [-0.05, 0) is 36.6 Å². The van der Waals surface area contributed by atoms with Gasteiger partial charge in [0.1, 0.15) is 11.4 Å². The third-order valence-corrected chi connectivity index (χ3v) is 5.13. The maximum absolute atomic E-state index is 12.3. The quantitative estimate of drug-likeness (QED) is 0.774. The minimum atomic E-state index is -0.0180. The molecule has 0 saturated carbocycles. The van der Waals surface area contributed by atoms with Crippen molar-refractivity contribution in [1.82, 2.24) is 20.1 Å². The van der Waals surface area contributed by atoms with Gasteiger partial charge in [0, 0.05) is 29.4 Å². The molecule has 1 amide bonds. The summed E-state index contributed by atoms with van der Waals surface area (Å²) in [6.45, 7) is 1.35. The number of hydrogen-bond acceptors (Lipinski definition) is 4. The van der Waals surface area contributed by atoms with Crippen LogP contribution in [0.2, 0.25) is 0 Å². The zero-order valence-electron chi connectivity index (χ0n) is 14.5. The summed E-state index contributed by atoms with van der Waals surface area (Å²) in [5, 5.41) is 7.68. The molecule has 1 aromatic carbocycles. The highest BCUT2D eigenvalue weighted by molar-refractivity contribution is 5.97. The molecule has 2 aliphatic rings. The SMILES string of the molecule is COc1cccc(-c2cc3c(cn2)CCc2c-3nn3c2C(=O)NCC3)c1. The van der Waals surface area contributed by atoms with E-state index in [4.69, 9.17) is 9.84 Å². The lowest BCUT2D eigenvalue weighted by molar-refractivity contribution is 0.0923. The lowest BCUT2D eigenvalue weighted by Gasteiger charge is -2.18. The van der Waals surface area contributed by atoms with Crippen LogP contribution >= 0.6 is 0 Å². The number of pyridine rings is 1. The van der Waals surface area contributed by atoms with Crippen LogP contribution in [0.5, 0.6) is 5.75 Å². The van der Waals surface area contributed by atoms with Crippen molar-refractivity contribution in [1.29, 1.82) is 0 Å². The van der Waals surface area contributed by atoms with Crippen LogP contribution in [0, 0.1) is 0 Å². The molecule has 0 bridgehead atoms. The third kappa shape index (κ3) is 2.22. The van der Waals surface area contributed by atoms with Gasteiger partial charge in [-0.25, -0.2) is 0 Å². The molecule has 0 radical (unpaired) electrons. The van der Waals surface area contributed by atoms with Crippen molar-refractivity contribution in [3.8, 4) is 28.3 Å². The number of aromatic nitrogens is 3. The average Bonchev–Trinajstić information content (AvgIpc) is 3.08. The van der Waals surface area contributed by atoms with Crippen molar-refractivity contribution in [3.05, 3.63) is 53.3 Å². The Morgan fingerprint density at radius 3 is 3.04 bits per heavy atom. The van der Waals surface area contributed by atoms with Crippen LogP contribution in [0.3, 0.4) is 0 Å². The molecular formula is C20H18N4O2. The van der Waals surface area contributed by atoms with Gasteiger partial charge in [-0.15, -0.1) is 0 Å². The number of methoxy groups -OCH3 is 1. The Morgan fingerprint density at radius 2 is 2.15 bits per heavy atom. The van der Waals surface area contributed by atoms with E-state index in [0.717, 1.165) is 58.9 Å². The Morgan fingerprint density at radius 1 is 1.23 bits per heavy atom. The molecule has 130 valence electrons. The van der Waals surface area contributed by atoms with E-state index in [1.165, 1.54) is 5.56 Å². The molecule has 0 fully saturated rings. The van der Waals surface area contributed by atoms with E-state index in [-0.39, 0.29) is 5.91 Å². The Kier molecular flexibility index (Phi) is 3.31. The van der Waals surface area contributed by atoms with Crippen LogP contribution < -0.4 is 10.1 Å². The molecule has 6 heteroatoms. The standard InChI is InChI=1S/C20H18N4O2/c1-26-14-4-2-3-12(9-14)17-10-16-13(11-22-17)5-6-15-18(16)23-24-8-7-21-20(25)19(15)24/h2-4,9-11H,5-8H2,1H3,(H,21,25). The monoisotopic (exact) mass is 346 g/mol. The van der Waals surface area contributed by atoms with E-state index in [1.807, 2.05) is 35.1 Å². The Balaban J connectivity index is 1.65. The third-order valence-electron chi connectivity index (χ3n) is 5.13. The molecule has 3 heterocycles. The van der Waals surface area contributed by atoms with Crippen LogP contribution in [0.1, 0.15) is 21.6 Å². The number of nitrogens with one attached hydrogen (secondary N) is 1. The molecular weight excluding hydrogens is 328 g/mol. The van der Waals surface area contributed by atoms with Crippen molar-refractivity contribution < 1.29 is 9.53 Å². The number of benzene rings is 1. The van der Waals surface area contributed by atoms with Crippen molar-refractivity contribution in [2.24, 2.45) is 0 Å². The van der Waals surface area contributed by atoms with Crippen LogP contribution in [-0.2, 0) is 19.4 Å². The number of ether oxygens (including phenoxy) is 1. The molecule has 1 N–H and O–H groups in total.